The van der Waals surface area contributed by atoms with Crippen molar-refractivity contribution in [3.8, 4) is 16.9 Å². The van der Waals surface area contributed by atoms with Gasteiger partial charge in [-0.2, -0.15) is 4.98 Å². The maximum Gasteiger partial charge on any atom is 0.256 e. The largest absolute Gasteiger partial charge is 0.354 e. The summed E-state index contributed by atoms with van der Waals surface area (Å²) in [5.41, 5.74) is 2.12. The summed E-state index contributed by atoms with van der Waals surface area (Å²) in [5.74, 6) is -1.86. The normalized spacial score (nSPS) is 11.6. The van der Waals surface area contributed by atoms with Crippen molar-refractivity contribution in [2.75, 3.05) is 31.5 Å². The van der Waals surface area contributed by atoms with Crippen molar-refractivity contribution < 1.29 is 13.6 Å². The van der Waals surface area contributed by atoms with Crippen LogP contribution in [0, 0.1) is 18.6 Å². The van der Waals surface area contributed by atoms with Gasteiger partial charge < -0.3 is 15.5 Å². The molecule has 10 heteroatoms. The number of benzene rings is 3. The molecule has 0 saturated heterocycles. The van der Waals surface area contributed by atoms with E-state index in [2.05, 4.69) is 34.4 Å². The summed E-state index contributed by atoms with van der Waals surface area (Å²) < 4.78 is 31.1. The molecule has 0 radical (unpaired) electrons. The van der Waals surface area contributed by atoms with Crippen LogP contribution in [0.5, 0.6) is 0 Å². The number of halogens is 2. The molecule has 0 saturated carbocycles. The molecular formula is C38H44F2N6O2. The molecule has 1 atom stereocenters. The number of pyridine rings is 1. The number of carbonyl (C=O) groups excluding carboxylic acids is 1. The fourth-order valence-corrected chi connectivity index (χ4v) is 5.48. The second kappa shape index (κ2) is 16.7. The van der Waals surface area contributed by atoms with Crippen molar-refractivity contribution in [3.05, 3.63) is 118 Å². The van der Waals surface area contributed by atoms with E-state index in [4.69, 9.17) is 4.98 Å². The number of amides is 1. The van der Waals surface area contributed by atoms with Crippen LogP contribution in [-0.2, 0) is 0 Å². The molecule has 0 aliphatic rings. The molecule has 1 unspecified atom stereocenters. The van der Waals surface area contributed by atoms with E-state index in [0.29, 0.717) is 28.8 Å². The smallest absolute Gasteiger partial charge is 0.256 e. The summed E-state index contributed by atoms with van der Waals surface area (Å²) in [4.78, 5) is 38.4. The van der Waals surface area contributed by atoms with Crippen LogP contribution >= 0.6 is 0 Å². The Kier molecular flexibility index (Phi) is 12.5. The van der Waals surface area contributed by atoms with Crippen molar-refractivity contribution in [3.63, 3.8) is 0 Å². The van der Waals surface area contributed by atoms with Gasteiger partial charge in [0.2, 0.25) is 5.95 Å². The zero-order chi connectivity index (χ0) is 34.8. The van der Waals surface area contributed by atoms with E-state index in [-0.39, 0.29) is 23.5 Å². The average molecular weight is 655 g/mol. The van der Waals surface area contributed by atoms with E-state index in [1.54, 1.807) is 18.2 Å². The van der Waals surface area contributed by atoms with Crippen LogP contribution in [0.15, 0.2) is 83.7 Å². The van der Waals surface area contributed by atoms with E-state index in [1.807, 2.05) is 64.1 Å². The highest BCUT2D eigenvalue weighted by molar-refractivity contribution is 5.98. The molecule has 0 aliphatic heterocycles. The number of nitrogens with one attached hydrogen (secondary N) is 2. The molecule has 0 fully saturated rings. The van der Waals surface area contributed by atoms with Crippen molar-refractivity contribution in [2.24, 2.45) is 0 Å². The number of carbonyl (C=O) groups is 1. The standard InChI is InChI=1S/C36H38F2N6O2.C2H6/c1-5-43(6-2)21-11-20-39-36-41-32(27-18-19-31(45)44(34(27)42-36)33-29(37)14-10-15-30(33)38)28-22-26(17-16-23(28)3)35(46)40-24(4)25-12-8-7-9-13-25;1-2/h7-10,12-19,22,24H,5-6,11,20-21H2,1-4H3,(H,40,46)(H,39,41,42);1-2H3. The van der Waals surface area contributed by atoms with Gasteiger partial charge in [0.25, 0.3) is 11.5 Å². The van der Waals surface area contributed by atoms with E-state index >= 15 is 8.78 Å². The molecular weight excluding hydrogens is 610 g/mol. The van der Waals surface area contributed by atoms with Gasteiger partial charge >= 0.3 is 0 Å². The number of aromatic nitrogens is 3. The van der Waals surface area contributed by atoms with E-state index in [9.17, 15) is 9.59 Å². The van der Waals surface area contributed by atoms with Crippen LogP contribution in [0.2, 0.25) is 0 Å². The fourth-order valence-electron chi connectivity index (χ4n) is 5.48. The Hall–Kier alpha value is -4.96. The van der Waals surface area contributed by atoms with Crippen LogP contribution in [0.4, 0.5) is 14.7 Å². The Bertz CT molecular complexity index is 1890. The molecule has 5 aromatic rings. The number of fused-ring (bicyclic) bond motifs is 1. The molecule has 2 aromatic heterocycles. The molecule has 3 aromatic carbocycles. The average Bonchev–Trinajstić information content (AvgIpc) is 3.10. The first-order valence-electron chi connectivity index (χ1n) is 16.5. The van der Waals surface area contributed by atoms with Crippen molar-refractivity contribution in [2.45, 2.75) is 54.0 Å². The predicted molar refractivity (Wildman–Crippen MR) is 190 cm³/mol. The minimum atomic E-state index is -0.897. The van der Waals surface area contributed by atoms with Crippen LogP contribution in [0.25, 0.3) is 28.0 Å². The lowest BCUT2D eigenvalue weighted by atomic mass is 9.99. The highest BCUT2D eigenvalue weighted by Gasteiger charge is 2.21. The van der Waals surface area contributed by atoms with Crippen molar-refractivity contribution in [1.82, 2.24) is 24.8 Å². The summed E-state index contributed by atoms with van der Waals surface area (Å²) in [6.45, 7) is 15.3. The Balaban J connectivity index is 0.00000255. The lowest BCUT2D eigenvalue weighted by Gasteiger charge is -2.19. The van der Waals surface area contributed by atoms with Crippen LogP contribution in [0.1, 0.15) is 68.6 Å². The molecule has 48 heavy (non-hydrogen) atoms. The Morgan fingerprint density at radius 3 is 2.27 bits per heavy atom. The third-order valence-corrected chi connectivity index (χ3v) is 8.14. The third-order valence-electron chi connectivity index (χ3n) is 8.14. The van der Waals surface area contributed by atoms with E-state index in [0.717, 1.165) is 53.9 Å². The van der Waals surface area contributed by atoms with Crippen molar-refractivity contribution >= 4 is 22.9 Å². The second-order valence-electron chi connectivity index (χ2n) is 11.2. The van der Waals surface area contributed by atoms with Gasteiger partial charge in [0, 0.05) is 29.1 Å². The van der Waals surface area contributed by atoms with Gasteiger partial charge in [-0.25, -0.2) is 13.8 Å². The van der Waals surface area contributed by atoms with E-state index < -0.39 is 22.9 Å². The number of hydrogen-bond acceptors (Lipinski definition) is 6. The summed E-state index contributed by atoms with van der Waals surface area (Å²) in [7, 11) is 0. The minimum absolute atomic E-state index is 0.0414. The summed E-state index contributed by atoms with van der Waals surface area (Å²) >= 11 is 0. The number of rotatable bonds is 12. The third kappa shape index (κ3) is 8.12. The van der Waals surface area contributed by atoms with Gasteiger partial charge in [-0.1, -0.05) is 70.2 Å². The summed E-state index contributed by atoms with van der Waals surface area (Å²) in [6.07, 6.45) is 0.802. The Morgan fingerprint density at radius 1 is 0.917 bits per heavy atom. The SMILES string of the molecule is CC.CCN(CC)CCCNc1nc(-c2cc(C(=O)NC(C)c3ccccc3)ccc2C)c2ccc(=O)n(-c3c(F)cccc3F)c2n1. The summed E-state index contributed by atoms with van der Waals surface area (Å²) in [5, 5.41) is 6.69. The number of anilines is 1. The molecule has 8 nitrogen and oxygen atoms in total. The predicted octanol–water partition coefficient (Wildman–Crippen LogP) is 7.70. The highest BCUT2D eigenvalue weighted by Crippen LogP contribution is 2.32. The van der Waals surface area contributed by atoms with Crippen LogP contribution < -0.4 is 16.2 Å². The number of para-hydroxylation sites is 1. The minimum Gasteiger partial charge on any atom is -0.354 e. The maximum absolute atomic E-state index is 15.1. The topological polar surface area (TPSA) is 92.2 Å². The molecule has 0 spiro atoms. The molecule has 0 aliphatic carbocycles. The zero-order valence-electron chi connectivity index (χ0n) is 28.5. The Morgan fingerprint density at radius 2 is 1.60 bits per heavy atom. The molecule has 5 rings (SSSR count). The molecule has 252 valence electrons. The fraction of sp³-hybridized carbons (Fsp3) is 0.316. The maximum atomic E-state index is 15.1. The molecule has 2 heterocycles. The molecule has 1 amide bonds. The van der Waals surface area contributed by atoms with Crippen LogP contribution in [0.3, 0.4) is 0 Å². The molecule has 2 N–H and O–H groups in total. The van der Waals surface area contributed by atoms with Crippen molar-refractivity contribution in [1.29, 1.82) is 0 Å². The lowest BCUT2D eigenvalue weighted by Crippen LogP contribution is -2.26. The van der Waals surface area contributed by atoms with Gasteiger partial charge in [0.15, 0.2) is 5.65 Å². The first-order chi connectivity index (χ1) is 23.2. The number of aryl methyl sites for hydroxylation is 1. The van der Waals surface area contributed by atoms with Gasteiger partial charge in [-0.05, 0) is 81.4 Å². The Labute approximate surface area is 280 Å². The van der Waals surface area contributed by atoms with Gasteiger partial charge in [0.05, 0.1) is 11.7 Å². The first-order valence-corrected chi connectivity index (χ1v) is 16.5. The van der Waals surface area contributed by atoms with Gasteiger partial charge in [0.1, 0.15) is 17.3 Å². The quantitative estimate of drug-likeness (QED) is 0.134. The van der Waals surface area contributed by atoms with Crippen LogP contribution in [-0.4, -0.2) is 51.5 Å². The molecule has 0 bridgehead atoms. The highest BCUT2D eigenvalue weighted by atomic mass is 19.1. The monoisotopic (exact) mass is 654 g/mol. The van der Waals surface area contributed by atoms with E-state index in [1.165, 1.54) is 12.1 Å². The second-order valence-corrected chi connectivity index (χ2v) is 11.2. The van der Waals surface area contributed by atoms with Gasteiger partial charge in [-0.15, -0.1) is 0 Å². The number of hydrogen-bond donors (Lipinski definition) is 2. The summed E-state index contributed by atoms with van der Waals surface area (Å²) in [6, 6.07) is 21.0. The first kappa shape index (κ1) is 35.9. The zero-order valence-corrected chi connectivity index (χ0v) is 28.5. The lowest BCUT2D eigenvalue weighted by molar-refractivity contribution is 0.0940. The number of nitrogens with zero attached hydrogens (tertiary/aromatic N) is 4. The van der Waals surface area contributed by atoms with Gasteiger partial charge in [-0.3, -0.25) is 14.2 Å².